The summed E-state index contributed by atoms with van der Waals surface area (Å²) in [6, 6.07) is 10.3. The summed E-state index contributed by atoms with van der Waals surface area (Å²) in [4.78, 5) is 16.3. The van der Waals surface area contributed by atoms with Crippen molar-refractivity contribution < 1.29 is 17.4 Å². The molecule has 174 valence electrons. The van der Waals surface area contributed by atoms with Crippen molar-refractivity contribution in [3.8, 4) is 5.75 Å². The summed E-state index contributed by atoms with van der Waals surface area (Å²) in [6.07, 6.45) is 7.08. The molecule has 1 aliphatic rings. The van der Waals surface area contributed by atoms with Gasteiger partial charge in [0, 0.05) is 47.5 Å². The summed E-state index contributed by atoms with van der Waals surface area (Å²) in [5.74, 6) is 0.0339. The molecular weight excluding hydrogens is 471 g/mol. The van der Waals surface area contributed by atoms with Gasteiger partial charge in [0.2, 0.25) is 0 Å². The van der Waals surface area contributed by atoms with Gasteiger partial charge in [0.05, 0.1) is 0 Å². The van der Waals surface area contributed by atoms with E-state index >= 15 is 0 Å². The minimum Gasteiger partial charge on any atom is -0.379 e. The number of benzene rings is 2. The van der Waals surface area contributed by atoms with E-state index in [0.717, 1.165) is 19.4 Å². The fourth-order valence-electron chi connectivity index (χ4n) is 3.66. The molecule has 0 aliphatic carbocycles. The number of carbonyl (C=O) groups is 1. The predicted octanol–water partition coefficient (Wildman–Crippen LogP) is 6.36. The van der Waals surface area contributed by atoms with Crippen LogP contribution in [0.15, 0.2) is 47.4 Å². The van der Waals surface area contributed by atoms with Crippen molar-refractivity contribution in [1.82, 2.24) is 4.90 Å². The molecule has 32 heavy (non-hydrogen) atoms. The molecule has 0 radical (unpaired) electrons. The fraction of sp³-hybridized carbons (Fsp3) is 0.435. The molecule has 1 heterocycles. The second-order valence-electron chi connectivity index (χ2n) is 7.83. The van der Waals surface area contributed by atoms with Crippen LogP contribution < -0.4 is 9.08 Å². The molecule has 2 amide bonds. The second-order valence-corrected chi connectivity index (χ2v) is 10.2. The van der Waals surface area contributed by atoms with Crippen LogP contribution in [0.1, 0.15) is 45.4 Å². The Balaban J connectivity index is 1.58. The Morgan fingerprint density at radius 1 is 0.906 bits per heavy atom. The largest absolute Gasteiger partial charge is 0.379 e. The molecule has 9 heteroatoms. The predicted molar refractivity (Wildman–Crippen MR) is 128 cm³/mol. The average molecular weight is 499 g/mol. The number of amides is 2. The minimum atomic E-state index is -4.06. The van der Waals surface area contributed by atoms with E-state index in [2.05, 4.69) is 6.92 Å². The number of nitrogens with zero attached hydrogens (tertiary/aromatic N) is 2. The van der Waals surface area contributed by atoms with Crippen LogP contribution in [0, 0.1) is 0 Å². The van der Waals surface area contributed by atoms with Crippen LogP contribution in [-0.4, -0.2) is 39.0 Å². The van der Waals surface area contributed by atoms with Gasteiger partial charge in [-0.15, -0.1) is 0 Å². The molecule has 1 saturated heterocycles. The molecular formula is C23H28Cl2N2O4S. The quantitative estimate of drug-likeness (QED) is 0.266. The van der Waals surface area contributed by atoms with Gasteiger partial charge in [-0.1, -0.05) is 62.2 Å². The van der Waals surface area contributed by atoms with E-state index in [0.29, 0.717) is 18.8 Å². The summed E-state index contributed by atoms with van der Waals surface area (Å²) < 4.78 is 30.3. The van der Waals surface area contributed by atoms with Gasteiger partial charge in [0.1, 0.15) is 10.6 Å². The molecule has 3 rings (SSSR count). The first-order chi connectivity index (χ1) is 15.3. The monoisotopic (exact) mass is 498 g/mol. The van der Waals surface area contributed by atoms with Crippen molar-refractivity contribution in [2.75, 3.05) is 24.5 Å². The molecule has 1 aliphatic heterocycles. The topological polar surface area (TPSA) is 66.9 Å². The molecule has 0 atom stereocenters. The molecule has 1 fully saturated rings. The Morgan fingerprint density at radius 3 is 2.19 bits per heavy atom. The fourth-order valence-corrected chi connectivity index (χ4v) is 5.08. The third kappa shape index (κ3) is 6.53. The number of unbranched alkanes of at least 4 members (excludes halogenated alkanes) is 5. The SMILES string of the molecule is CCCCCCCCN1CCN(c2ccc(S(=O)(=O)Oc3cc(Cl)cc(Cl)c3)cc2)C1=O. The van der Waals surface area contributed by atoms with E-state index in [9.17, 15) is 13.2 Å². The highest BCUT2D eigenvalue weighted by molar-refractivity contribution is 7.87. The van der Waals surface area contributed by atoms with Crippen LogP contribution in [-0.2, 0) is 10.1 Å². The summed E-state index contributed by atoms with van der Waals surface area (Å²) in [6.45, 7) is 4.20. The van der Waals surface area contributed by atoms with Gasteiger partial charge in [-0.2, -0.15) is 8.42 Å². The molecule has 0 aromatic heterocycles. The molecule has 0 unspecified atom stereocenters. The maximum Gasteiger partial charge on any atom is 0.339 e. The van der Waals surface area contributed by atoms with Crippen LogP contribution in [0.5, 0.6) is 5.75 Å². The Hall–Kier alpha value is -1.96. The Labute approximate surface area is 200 Å². The van der Waals surface area contributed by atoms with Gasteiger partial charge in [-0.3, -0.25) is 4.90 Å². The first-order valence-corrected chi connectivity index (χ1v) is 13.0. The normalized spacial score (nSPS) is 14.3. The van der Waals surface area contributed by atoms with Crippen molar-refractivity contribution in [2.24, 2.45) is 0 Å². The Bertz CT molecular complexity index is 1010. The highest BCUT2D eigenvalue weighted by Gasteiger charge is 2.29. The highest BCUT2D eigenvalue weighted by atomic mass is 35.5. The maximum absolute atomic E-state index is 12.7. The van der Waals surface area contributed by atoms with Gasteiger partial charge in [0.25, 0.3) is 0 Å². The van der Waals surface area contributed by atoms with Crippen molar-refractivity contribution >= 4 is 45.0 Å². The number of hydrogen-bond acceptors (Lipinski definition) is 4. The zero-order valence-electron chi connectivity index (χ0n) is 18.1. The molecule has 0 saturated carbocycles. The van der Waals surface area contributed by atoms with Crippen molar-refractivity contribution in [2.45, 2.75) is 50.3 Å². The number of rotatable bonds is 11. The van der Waals surface area contributed by atoms with Gasteiger partial charge >= 0.3 is 16.1 Å². The third-order valence-corrected chi connectivity index (χ3v) is 7.05. The standard InChI is InChI=1S/C23H28Cl2N2O4S/c1-2-3-4-5-6-7-12-26-13-14-27(23(26)28)20-8-10-22(11-9-20)32(29,30)31-21-16-18(24)15-19(25)17-21/h8-11,15-17H,2-7,12-14H2,1H3. The average Bonchev–Trinajstić information content (AvgIpc) is 3.10. The minimum absolute atomic E-state index is 0.0204. The molecule has 0 N–H and O–H groups in total. The van der Waals surface area contributed by atoms with Crippen LogP contribution >= 0.6 is 23.2 Å². The zero-order chi connectivity index (χ0) is 23.1. The number of hydrogen-bond donors (Lipinski definition) is 0. The first kappa shape index (κ1) is 24.7. The lowest BCUT2D eigenvalue weighted by Gasteiger charge is -2.19. The van der Waals surface area contributed by atoms with E-state index in [1.807, 2.05) is 4.90 Å². The molecule has 0 spiro atoms. The van der Waals surface area contributed by atoms with Crippen molar-refractivity contribution in [3.63, 3.8) is 0 Å². The van der Waals surface area contributed by atoms with E-state index in [1.54, 1.807) is 17.0 Å². The number of anilines is 1. The molecule has 0 bridgehead atoms. The second kappa shape index (κ2) is 11.3. The number of halogens is 2. The summed E-state index contributed by atoms with van der Waals surface area (Å²) in [5.41, 5.74) is 0.658. The van der Waals surface area contributed by atoms with E-state index in [-0.39, 0.29) is 26.7 Å². The molecule has 2 aromatic rings. The van der Waals surface area contributed by atoms with Crippen LogP contribution in [0.3, 0.4) is 0 Å². The van der Waals surface area contributed by atoms with Gasteiger partial charge < -0.3 is 9.08 Å². The Kier molecular flexibility index (Phi) is 8.68. The lowest BCUT2D eigenvalue weighted by atomic mass is 10.1. The molecule has 2 aromatic carbocycles. The zero-order valence-corrected chi connectivity index (χ0v) is 20.4. The highest BCUT2D eigenvalue weighted by Crippen LogP contribution is 2.28. The van der Waals surface area contributed by atoms with Gasteiger partial charge in [-0.25, -0.2) is 4.79 Å². The van der Waals surface area contributed by atoms with E-state index < -0.39 is 10.1 Å². The third-order valence-electron chi connectivity index (χ3n) is 5.36. The van der Waals surface area contributed by atoms with Crippen LogP contribution in [0.25, 0.3) is 0 Å². The first-order valence-electron chi connectivity index (χ1n) is 10.9. The van der Waals surface area contributed by atoms with Crippen molar-refractivity contribution in [1.29, 1.82) is 0 Å². The van der Waals surface area contributed by atoms with Crippen LogP contribution in [0.2, 0.25) is 10.0 Å². The smallest absolute Gasteiger partial charge is 0.339 e. The van der Waals surface area contributed by atoms with Crippen molar-refractivity contribution in [3.05, 3.63) is 52.5 Å². The van der Waals surface area contributed by atoms with Crippen LogP contribution in [0.4, 0.5) is 10.5 Å². The van der Waals surface area contributed by atoms with E-state index in [4.69, 9.17) is 27.4 Å². The maximum atomic E-state index is 12.7. The van der Waals surface area contributed by atoms with Gasteiger partial charge in [0.15, 0.2) is 0 Å². The Morgan fingerprint density at radius 2 is 1.53 bits per heavy atom. The van der Waals surface area contributed by atoms with E-state index in [1.165, 1.54) is 56.0 Å². The van der Waals surface area contributed by atoms with Gasteiger partial charge in [-0.05, 0) is 36.8 Å². The number of carbonyl (C=O) groups excluding carboxylic acids is 1. The number of urea groups is 1. The lowest BCUT2D eigenvalue weighted by molar-refractivity contribution is 0.219. The summed E-state index contributed by atoms with van der Waals surface area (Å²) >= 11 is 11.8. The summed E-state index contributed by atoms with van der Waals surface area (Å²) in [5, 5.41) is 0.548. The lowest BCUT2D eigenvalue weighted by Crippen LogP contribution is -2.32. The molecule has 6 nitrogen and oxygen atoms in total. The summed E-state index contributed by atoms with van der Waals surface area (Å²) in [7, 11) is -4.06.